The van der Waals surface area contributed by atoms with Gasteiger partial charge in [-0.3, -0.25) is 14.5 Å². The predicted octanol–water partition coefficient (Wildman–Crippen LogP) is 2.25. The molecule has 1 fully saturated rings. The Balaban J connectivity index is 1.68. The van der Waals surface area contributed by atoms with Gasteiger partial charge in [-0.1, -0.05) is 0 Å². The van der Waals surface area contributed by atoms with Crippen LogP contribution < -0.4 is 5.32 Å². The van der Waals surface area contributed by atoms with E-state index in [-0.39, 0.29) is 5.91 Å². The summed E-state index contributed by atoms with van der Waals surface area (Å²) in [6, 6.07) is 3.54. The Morgan fingerprint density at radius 1 is 1.47 bits per heavy atom. The molecule has 2 heterocycles. The van der Waals surface area contributed by atoms with Gasteiger partial charge in [0, 0.05) is 36.8 Å². The Kier molecular flexibility index (Phi) is 3.03. The lowest BCUT2D eigenvalue weighted by molar-refractivity contribution is 0.102. The average Bonchev–Trinajstić information content (AvgIpc) is 3.09. The van der Waals surface area contributed by atoms with Crippen molar-refractivity contribution in [2.45, 2.75) is 26.3 Å². The summed E-state index contributed by atoms with van der Waals surface area (Å²) in [4.78, 5) is 16.1. The molecule has 0 aromatic carbocycles. The first-order valence-corrected chi connectivity index (χ1v) is 6.48. The van der Waals surface area contributed by atoms with E-state index in [4.69, 9.17) is 0 Å². The quantitative estimate of drug-likeness (QED) is 0.912. The smallest absolute Gasteiger partial charge is 0.257 e. The monoisotopic (exact) mass is 256 g/mol. The first-order valence-electron chi connectivity index (χ1n) is 6.48. The molecule has 1 saturated carbocycles. The van der Waals surface area contributed by atoms with Crippen molar-refractivity contribution in [3.05, 3.63) is 41.9 Å². The molecular weight excluding hydrogens is 240 g/mol. The van der Waals surface area contributed by atoms with Crippen LogP contribution in [0.3, 0.4) is 0 Å². The minimum Gasteiger partial charge on any atom is -0.305 e. The number of aryl methyl sites for hydroxylation is 1. The van der Waals surface area contributed by atoms with Gasteiger partial charge in [0.2, 0.25) is 0 Å². The third-order valence-electron chi connectivity index (χ3n) is 3.29. The molecule has 0 spiro atoms. The maximum atomic E-state index is 12.1. The molecule has 1 amide bonds. The van der Waals surface area contributed by atoms with E-state index in [1.807, 2.05) is 23.9 Å². The minimum atomic E-state index is -0.142. The Morgan fingerprint density at radius 2 is 2.32 bits per heavy atom. The molecule has 2 aromatic heterocycles. The molecular formula is C14H16N4O. The summed E-state index contributed by atoms with van der Waals surface area (Å²) in [5.41, 5.74) is 1.49. The van der Waals surface area contributed by atoms with E-state index >= 15 is 0 Å². The number of aromatic nitrogens is 3. The first kappa shape index (κ1) is 11.9. The first-order chi connectivity index (χ1) is 9.22. The Labute approximate surface area is 111 Å². The van der Waals surface area contributed by atoms with Crippen LogP contribution in [-0.4, -0.2) is 20.7 Å². The molecule has 1 N–H and O–H groups in total. The fourth-order valence-electron chi connectivity index (χ4n) is 2.01. The van der Waals surface area contributed by atoms with Crippen LogP contribution >= 0.6 is 0 Å². The fourth-order valence-corrected chi connectivity index (χ4v) is 2.01. The zero-order valence-electron chi connectivity index (χ0n) is 10.8. The molecule has 0 unspecified atom stereocenters. The van der Waals surface area contributed by atoms with Crippen molar-refractivity contribution in [2.24, 2.45) is 5.92 Å². The zero-order valence-corrected chi connectivity index (χ0v) is 10.8. The van der Waals surface area contributed by atoms with Crippen molar-refractivity contribution in [1.82, 2.24) is 14.8 Å². The van der Waals surface area contributed by atoms with Crippen LogP contribution in [0.5, 0.6) is 0 Å². The van der Waals surface area contributed by atoms with Crippen LogP contribution in [0.25, 0.3) is 0 Å². The number of hydrogen-bond acceptors (Lipinski definition) is 3. The highest BCUT2D eigenvalue weighted by Crippen LogP contribution is 2.30. The average molecular weight is 256 g/mol. The van der Waals surface area contributed by atoms with Crippen LogP contribution in [0.2, 0.25) is 0 Å². The highest BCUT2D eigenvalue weighted by molar-refractivity contribution is 6.04. The van der Waals surface area contributed by atoms with Gasteiger partial charge in [0.1, 0.15) is 0 Å². The summed E-state index contributed by atoms with van der Waals surface area (Å²) in [6.07, 6.45) is 7.79. The van der Waals surface area contributed by atoms with E-state index in [0.717, 1.165) is 18.0 Å². The number of anilines is 1. The summed E-state index contributed by atoms with van der Waals surface area (Å²) in [5.74, 6) is 1.23. The van der Waals surface area contributed by atoms with Gasteiger partial charge < -0.3 is 5.32 Å². The predicted molar refractivity (Wildman–Crippen MR) is 71.9 cm³/mol. The van der Waals surface area contributed by atoms with Crippen LogP contribution in [0, 0.1) is 12.8 Å². The number of carbonyl (C=O) groups is 1. The van der Waals surface area contributed by atoms with Crippen molar-refractivity contribution in [3.63, 3.8) is 0 Å². The van der Waals surface area contributed by atoms with E-state index in [1.54, 1.807) is 18.5 Å². The van der Waals surface area contributed by atoms with Crippen molar-refractivity contribution in [2.75, 3.05) is 5.32 Å². The molecule has 0 aliphatic heterocycles. The van der Waals surface area contributed by atoms with Crippen molar-refractivity contribution >= 4 is 11.7 Å². The lowest BCUT2D eigenvalue weighted by Crippen LogP contribution is -2.14. The van der Waals surface area contributed by atoms with Crippen LogP contribution in [0.15, 0.2) is 30.7 Å². The molecule has 19 heavy (non-hydrogen) atoms. The highest BCUT2D eigenvalue weighted by atomic mass is 16.1. The lowest BCUT2D eigenvalue weighted by Gasteiger charge is -2.04. The number of hydrogen-bond donors (Lipinski definition) is 1. The number of nitrogens with zero attached hydrogens (tertiary/aromatic N) is 3. The van der Waals surface area contributed by atoms with Gasteiger partial charge in [-0.05, 0) is 37.3 Å². The minimum absolute atomic E-state index is 0.142. The number of nitrogens with one attached hydrogen (secondary N) is 1. The van der Waals surface area contributed by atoms with E-state index in [9.17, 15) is 4.79 Å². The number of carbonyl (C=O) groups excluding carboxylic acids is 1. The van der Waals surface area contributed by atoms with Gasteiger partial charge in [0.25, 0.3) is 5.91 Å². The molecule has 1 aliphatic rings. The number of amides is 1. The van der Waals surface area contributed by atoms with E-state index in [0.29, 0.717) is 11.4 Å². The van der Waals surface area contributed by atoms with Crippen molar-refractivity contribution in [3.8, 4) is 0 Å². The summed E-state index contributed by atoms with van der Waals surface area (Å²) in [7, 11) is 0. The standard InChI is InChI=1S/C14H16N4O/c1-10-8-15-6-4-12(10)14(19)16-13-5-7-18(17-13)9-11-2-3-11/h4-8,11H,2-3,9H2,1H3,(H,16,17,19). The summed E-state index contributed by atoms with van der Waals surface area (Å²) in [6.45, 7) is 2.82. The highest BCUT2D eigenvalue weighted by Gasteiger charge is 2.22. The normalized spacial score (nSPS) is 14.4. The zero-order chi connectivity index (χ0) is 13.2. The number of pyridine rings is 1. The summed E-state index contributed by atoms with van der Waals surface area (Å²) in [5, 5.41) is 7.17. The van der Waals surface area contributed by atoms with Crippen molar-refractivity contribution < 1.29 is 4.79 Å². The topological polar surface area (TPSA) is 59.8 Å². The molecule has 5 heteroatoms. The Hall–Kier alpha value is -2.17. The maximum absolute atomic E-state index is 12.1. The van der Waals surface area contributed by atoms with Crippen LogP contribution in [0.4, 0.5) is 5.82 Å². The Morgan fingerprint density at radius 3 is 3.05 bits per heavy atom. The summed E-state index contributed by atoms with van der Waals surface area (Å²) >= 11 is 0. The molecule has 0 atom stereocenters. The SMILES string of the molecule is Cc1cnccc1C(=O)Nc1ccn(CC2CC2)n1. The van der Waals surface area contributed by atoms with Gasteiger partial charge in [-0.15, -0.1) is 0 Å². The van der Waals surface area contributed by atoms with Gasteiger partial charge >= 0.3 is 0 Å². The van der Waals surface area contributed by atoms with E-state index < -0.39 is 0 Å². The molecule has 1 aliphatic carbocycles. The van der Waals surface area contributed by atoms with E-state index in [2.05, 4.69) is 15.4 Å². The largest absolute Gasteiger partial charge is 0.305 e. The number of rotatable bonds is 4. The van der Waals surface area contributed by atoms with Gasteiger partial charge in [0.05, 0.1) is 0 Å². The van der Waals surface area contributed by atoms with Crippen LogP contribution in [-0.2, 0) is 6.54 Å². The van der Waals surface area contributed by atoms with Gasteiger partial charge in [-0.25, -0.2) is 0 Å². The molecule has 0 radical (unpaired) electrons. The third-order valence-corrected chi connectivity index (χ3v) is 3.29. The second-order valence-corrected chi connectivity index (χ2v) is 5.01. The molecule has 0 bridgehead atoms. The second-order valence-electron chi connectivity index (χ2n) is 5.01. The molecule has 3 rings (SSSR count). The maximum Gasteiger partial charge on any atom is 0.257 e. The Bertz CT molecular complexity index is 601. The van der Waals surface area contributed by atoms with Crippen LogP contribution in [0.1, 0.15) is 28.8 Å². The van der Waals surface area contributed by atoms with Crippen molar-refractivity contribution in [1.29, 1.82) is 0 Å². The van der Waals surface area contributed by atoms with Gasteiger partial charge in [0.15, 0.2) is 5.82 Å². The molecule has 98 valence electrons. The molecule has 2 aromatic rings. The summed E-state index contributed by atoms with van der Waals surface area (Å²) < 4.78 is 1.90. The second kappa shape index (κ2) is 4.84. The van der Waals surface area contributed by atoms with E-state index in [1.165, 1.54) is 12.8 Å². The third kappa shape index (κ3) is 2.81. The molecule has 5 nitrogen and oxygen atoms in total. The lowest BCUT2D eigenvalue weighted by atomic mass is 10.1. The fraction of sp³-hybridized carbons (Fsp3) is 0.357. The van der Waals surface area contributed by atoms with Gasteiger partial charge in [-0.2, -0.15) is 5.10 Å². The molecule has 0 saturated heterocycles.